The minimum Gasteiger partial charge on any atom is -0.460 e. The van der Waals surface area contributed by atoms with E-state index >= 15 is 0 Å². The van der Waals surface area contributed by atoms with Gasteiger partial charge in [-0.05, 0) is 78.2 Å². The van der Waals surface area contributed by atoms with Crippen LogP contribution in [-0.2, 0) is 35.2 Å². The molecule has 0 bridgehead atoms. The van der Waals surface area contributed by atoms with E-state index < -0.39 is 22.8 Å². The second kappa shape index (κ2) is 15.8. The molecule has 41 heavy (non-hydrogen) atoms. The summed E-state index contributed by atoms with van der Waals surface area (Å²) in [6.07, 6.45) is 1.48. The van der Waals surface area contributed by atoms with Crippen molar-refractivity contribution in [3.63, 3.8) is 0 Å². The number of benzene rings is 1. The highest BCUT2D eigenvalue weighted by atomic mass is 16.6. The molecular formula is C32H52N2O7. The number of amides is 2. The van der Waals surface area contributed by atoms with E-state index in [0.717, 1.165) is 12.0 Å². The van der Waals surface area contributed by atoms with E-state index in [9.17, 15) is 19.2 Å². The lowest BCUT2D eigenvalue weighted by Crippen LogP contribution is -2.50. The van der Waals surface area contributed by atoms with Gasteiger partial charge < -0.3 is 24.8 Å². The molecule has 0 unspecified atom stereocenters. The summed E-state index contributed by atoms with van der Waals surface area (Å²) in [6.45, 7) is 17.3. The molecule has 0 atom stereocenters. The van der Waals surface area contributed by atoms with Crippen molar-refractivity contribution in [2.45, 2.75) is 131 Å². The third-order valence-electron chi connectivity index (χ3n) is 6.05. The van der Waals surface area contributed by atoms with Crippen molar-refractivity contribution in [3.05, 3.63) is 35.9 Å². The van der Waals surface area contributed by atoms with Crippen LogP contribution in [0.4, 0.5) is 4.79 Å². The summed E-state index contributed by atoms with van der Waals surface area (Å²) < 4.78 is 16.2. The molecular weight excluding hydrogens is 524 g/mol. The van der Waals surface area contributed by atoms with Crippen LogP contribution >= 0.6 is 0 Å². The minimum absolute atomic E-state index is 0.0105. The number of carbonyl (C=O) groups excluding carboxylic acids is 4. The summed E-state index contributed by atoms with van der Waals surface area (Å²) in [6, 6.07) is 9.31. The molecule has 0 fully saturated rings. The fourth-order valence-electron chi connectivity index (χ4n) is 4.06. The number of esters is 2. The number of nitrogens with one attached hydrogen (secondary N) is 2. The summed E-state index contributed by atoms with van der Waals surface area (Å²) in [5.41, 5.74) is -1.29. The van der Waals surface area contributed by atoms with Crippen LogP contribution in [0.15, 0.2) is 30.3 Å². The van der Waals surface area contributed by atoms with Crippen LogP contribution < -0.4 is 10.6 Å². The molecule has 0 radical (unpaired) electrons. The summed E-state index contributed by atoms with van der Waals surface area (Å²) in [5.74, 6) is -1.03. The monoisotopic (exact) mass is 576 g/mol. The Hall–Kier alpha value is -3.10. The Balaban J connectivity index is 2.94. The maximum absolute atomic E-state index is 13.2. The van der Waals surface area contributed by atoms with E-state index in [1.807, 2.05) is 30.3 Å². The average Bonchev–Trinajstić information content (AvgIpc) is 2.82. The standard InChI is InChI=1S/C32H52N2O7/c1-29(2,3)20-21-32(18-15-26(36)40-30(4,5)6,19-16-27(37)41-31(7,8)9)34-25(35)17-22-33-28(38)39-23-24-13-11-10-12-14-24/h10-14H,15-23H2,1-9H3,(H,33,38)(H,34,35). The Morgan fingerprint density at radius 1 is 0.683 bits per heavy atom. The third-order valence-corrected chi connectivity index (χ3v) is 6.05. The number of alkyl carbamates (subject to hydrolysis) is 1. The van der Waals surface area contributed by atoms with E-state index in [1.54, 1.807) is 41.5 Å². The first-order valence-corrected chi connectivity index (χ1v) is 14.5. The molecule has 9 heteroatoms. The molecule has 0 saturated heterocycles. The van der Waals surface area contributed by atoms with Crippen molar-refractivity contribution in [2.75, 3.05) is 6.54 Å². The molecule has 0 aliphatic heterocycles. The molecule has 1 aromatic carbocycles. The summed E-state index contributed by atoms with van der Waals surface area (Å²) in [5, 5.41) is 5.73. The largest absolute Gasteiger partial charge is 0.460 e. The first-order chi connectivity index (χ1) is 18.8. The van der Waals surface area contributed by atoms with Crippen molar-refractivity contribution in [2.24, 2.45) is 5.41 Å². The summed E-state index contributed by atoms with van der Waals surface area (Å²) >= 11 is 0. The van der Waals surface area contributed by atoms with Gasteiger partial charge in [-0.25, -0.2) is 4.79 Å². The highest BCUT2D eigenvalue weighted by Gasteiger charge is 2.35. The topological polar surface area (TPSA) is 120 Å². The Bertz CT molecular complexity index is 954. The number of rotatable bonds is 14. The van der Waals surface area contributed by atoms with Crippen LogP contribution in [0.1, 0.15) is 113 Å². The van der Waals surface area contributed by atoms with Crippen molar-refractivity contribution in [3.8, 4) is 0 Å². The van der Waals surface area contributed by atoms with Gasteiger partial charge in [-0.1, -0.05) is 51.1 Å². The number of carbonyl (C=O) groups is 4. The maximum Gasteiger partial charge on any atom is 0.407 e. The minimum atomic E-state index is -0.841. The summed E-state index contributed by atoms with van der Waals surface area (Å²) in [7, 11) is 0. The fraction of sp³-hybridized carbons (Fsp3) is 0.688. The van der Waals surface area contributed by atoms with Crippen LogP contribution in [-0.4, -0.2) is 47.2 Å². The van der Waals surface area contributed by atoms with E-state index in [4.69, 9.17) is 14.2 Å². The smallest absolute Gasteiger partial charge is 0.407 e. The Kier molecular flexibility index (Phi) is 13.8. The molecule has 9 nitrogen and oxygen atoms in total. The Labute approximate surface area is 246 Å². The zero-order valence-corrected chi connectivity index (χ0v) is 26.6. The first-order valence-electron chi connectivity index (χ1n) is 14.5. The molecule has 0 heterocycles. The zero-order chi connectivity index (χ0) is 31.3. The molecule has 0 aliphatic rings. The second-order valence-corrected chi connectivity index (χ2v) is 13.8. The van der Waals surface area contributed by atoms with Crippen LogP contribution in [0.3, 0.4) is 0 Å². The molecule has 2 N–H and O–H groups in total. The zero-order valence-electron chi connectivity index (χ0n) is 26.6. The molecule has 1 aromatic rings. The highest BCUT2D eigenvalue weighted by molar-refractivity contribution is 5.78. The fourth-order valence-corrected chi connectivity index (χ4v) is 4.06. The van der Waals surface area contributed by atoms with Gasteiger partial charge in [0.15, 0.2) is 0 Å². The molecule has 2 amide bonds. The van der Waals surface area contributed by atoms with Crippen molar-refractivity contribution in [1.29, 1.82) is 0 Å². The van der Waals surface area contributed by atoms with Crippen LogP contribution in [0, 0.1) is 5.41 Å². The molecule has 1 rings (SSSR count). The lowest BCUT2D eigenvalue weighted by molar-refractivity contribution is -0.155. The average molecular weight is 577 g/mol. The predicted molar refractivity (Wildman–Crippen MR) is 159 cm³/mol. The van der Waals surface area contributed by atoms with Gasteiger partial charge in [-0.3, -0.25) is 14.4 Å². The van der Waals surface area contributed by atoms with Gasteiger partial charge in [-0.15, -0.1) is 0 Å². The normalized spacial score (nSPS) is 12.3. The van der Waals surface area contributed by atoms with Crippen LogP contribution in [0.2, 0.25) is 0 Å². The van der Waals surface area contributed by atoms with Gasteiger partial charge in [0.05, 0.1) is 0 Å². The van der Waals surface area contributed by atoms with Crippen molar-refractivity contribution >= 4 is 23.9 Å². The highest BCUT2D eigenvalue weighted by Crippen LogP contribution is 2.32. The first kappa shape index (κ1) is 35.9. The molecule has 0 saturated carbocycles. The number of hydrogen-bond donors (Lipinski definition) is 2. The number of hydrogen-bond acceptors (Lipinski definition) is 7. The van der Waals surface area contributed by atoms with Gasteiger partial charge in [0.2, 0.25) is 5.91 Å². The van der Waals surface area contributed by atoms with Crippen molar-refractivity contribution < 1.29 is 33.4 Å². The Morgan fingerprint density at radius 2 is 1.20 bits per heavy atom. The van der Waals surface area contributed by atoms with E-state index in [1.165, 1.54) is 0 Å². The predicted octanol–water partition coefficient (Wildman–Crippen LogP) is 6.23. The van der Waals surface area contributed by atoms with E-state index in [2.05, 4.69) is 31.4 Å². The number of ether oxygens (including phenoxy) is 3. The quantitative estimate of drug-likeness (QED) is 0.199. The second-order valence-electron chi connectivity index (χ2n) is 13.8. The molecule has 0 aliphatic carbocycles. The summed E-state index contributed by atoms with van der Waals surface area (Å²) in [4.78, 5) is 50.5. The maximum atomic E-state index is 13.2. The Morgan fingerprint density at radius 3 is 1.66 bits per heavy atom. The van der Waals surface area contributed by atoms with Gasteiger partial charge in [0, 0.05) is 31.3 Å². The van der Waals surface area contributed by atoms with Gasteiger partial charge in [0.25, 0.3) is 0 Å². The lowest BCUT2D eigenvalue weighted by atomic mass is 9.78. The van der Waals surface area contributed by atoms with Gasteiger partial charge >= 0.3 is 18.0 Å². The van der Waals surface area contributed by atoms with Crippen LogP contribution in [0.5, 0.6) is 0 Å². The molecule has 0 aromatic heterocycles. The van der Waals surface area contributed by atoms with Gasteiger partial charge in [-0.2, -0.15) is 0 Å². The lowest BCUT2D eigenvalue weighted by Gasteiger charge is -2.37. The molecule has 232 valence electrons. The van der Waals surface area contributed by atoms with E-state index in [-0.39, 0.29) is 55.7 Å². The van der Waals surface area contributed by atoms with Gasteiger partial charge in [0.1, 0.15) is 17.8 Å². The molecule has 0 spiro atoms. The van der Waals surface area contributed by atoms with Crippen molar-refractivity contribution in [1.82, 2.24) is 10.6 Å². The third kappa shape index (κ3) is 18.0. The van der Waals surface area contributed by atoms with E-state index in [0.29, 0.717) is 19.3 Å². The SMILES string of the molecule is CC(C)(C)CCC(CCC(=O)OC(C)(C)C)(CCC(=O)OC(C)(C)C)NC(=O)CCNC(=O)OCc1ccccc1. The van der Waals surface area contributed by atoms with Crippen LogP contribution in [0.25, 0.3) is 0 Å².